The number of hydrogen-bond donors (Lipinski definition) is 2. The highest BCUT2D eigenvalue weighted by Gasteiger charge is 2.28. The minimum atomic E-state index is -0.938. The Labute approximate surface area is 96.4 Å². The molecule has 0 rings (SSSR count). The maximum atomic E-state index is 11.5. The second-order valence-electron chi connectivity index (χ2n) is 3.48. The fourth-order valence-electron chi connectivity index (χ4n) is 1.26. The van der Waals surface area contributed by atoms with Gasteiger partial charge < -0.3 is 19.7 Å². The van der Waals surface area contributed by atoms with Crippen LogP contribution in [0.25, 0.3) is 0 Å². The van der Waals surface area contributed by atoms with Crippen molar-refractivity contribution in [2.24, 2.45) is 0 Å². The summed E-state index contributed by atoms with van der Waals surface area (Å²) < 4.78 is 10.1. The molecule has 0 aromatic heterocycles. The van der Waals surface area contributed by atoms with Crippen LogP contribution in [0.5, 0.6) is 0 Å². The minimum absolute atomic E-state index is 0.0135. The average molecular weight is 234 g/mol. The van der Waals surface area contributed by atoms with E-state index in [-0.39, 0.29) is 13.2 Å². The largest absolute Gasteiger partial charge is 0.464 e. The van der Waals surface area contributed by atoms with E-state index < -0.39 is 18.2 Å². The van der Waals surface area contributed by atoms with Gasteiger partial charge in [0, 0.05) is 13.2 Å². The number of rotatable bonds is 9. The van der Waals surface area contributed by atoms with E-state index in [0.717, 1.165) is 6.42 Å². The van der Waals surface area contributed by atoms with Crippen LogP contribution in [0.1, 0.15) is 33.1 Å². The van der Waals surface area contributed by atoms with Gasteiger partial charge in [0.05, 0.1) is 12.7 Å². The van der Waals surface area contributed by atoms with Crippen LogP contribution in [0.4, 0.5) is 0 Å². The second kappa shape index (κ2) is 9.57. The van der Waals surface area contributed by atoms with Crippen LogP contribution in [-0.4, -0.2) is 48.2 Å². The SMILES string of the molecule is CCCOC(C(=O)OCC)C(O)CCCO. The Morgan fingerprint density at radius 2 is 2.06 bits per heavy atom. The lowest BCUT2D eigenvalue weighted by molar-refractivity contribution is -0.165. The molecule has 0 aromatic carbocycles. The summed E-state index contributed by atoms with van der Waals surface area (Å²) in [6.07, 6.45) is -0.331. The number of hydrogen-bond acceptors (Lipinski definition) is 5. The van der Waals surface area contributed by atoms with Crippen LogP contribution in [0.3, 0.4) is 0 Å². The quantitative estimate of drug-likeness (QED) is 0.567. The van der Waals surface area contributed by atoms with Crippen LogP contribution >= 0.6 is 0 Å². The third kappa shape index (κ3) is 6.05. The van der Waals surface area contributed by atoms with Crippen molar-refractivity contribution in [3.8, 4) is 0 Å². The van der Waals surface area contributed by atoms with E-state index in [1.165, 1.54) is 0 Å². The summed E-state index contributed by atoms with van der Waals surface area (Å²) in [7, 11) is 0. The molecule has 0 aromatic rings. The molecule has 5 nitrogen and oxygen atoms in total. The molecular formula is C11H22O5. The zero-order valence-corrected chi connectivity index (χ0v) is 10.0. The first-order valence-electron chi connectivity index (χ1n) is 5.74. The highest BCUT2D eigenvalue weighted by atomic mass is 16.6. The third-order valence-corrected chi connectivity index (χ3v) is 2.03. The number of esters is 1. The van der Waals surface area contributed by atoms with Gasteiger partial charge in [0.25, 0.3) is 0 Å². The van der Waals surface area contributed by atoms with Crippen LogP contribution in [0.15, 0.2) is 0 Å². The summed E-state index contributed by atoms with van der Waals surface area (Å²) in [6, 6.07) is 0. The van der Waals surface area contributed by atoms with Gasteiger partial charge in [0.15, 0.2) is 6.10 Å². The number of aliphatic hydroxyl groups excluding tert-OH is 2. The van der Waals surface area contributed by atoms with Crippen LogP contribution in [0, 0.1) is 0 Å². The van der Waals surface area contributed by atoms with Gasteiger partial charge in [-0.1, -0.05) is 6.92 Å². The Morgan fingerprint density at radius 1 is 1.38 bits per heavy atom. The van der Waals surface area contributed by atoms with Crippen molar-refractivity contribution in [2.45, 2.75) is 45.3 Å². The summed E-state index contributed by atoms with van der Waals surface area (Å²) in [6.45, 7) is 4.27. The highest BCUT2D eigenvalue weighted by Crippen LogP contribution is 2.09. The van der Waals surface area contributed by atoms with Gasteiger partial charge >= 0.3 is 5.97 Å². The van der Waals surface area contributed by atoms with Crippen molar-refractivity contribution in [1.29, 1.82) is 0 Å². The molecule has 0 fully saturated rings. The fraction of sp³-hybridized carbons (Fsp3) is 0.909. The Hall–Kier alpha value is -0.650. The fourth-order valence-corrected chi connectivity index (χ4v) is 1.26. The molecule has 2 unspecified atom stereocenters. The predicted molar refractivity (Wildman–Crippen MR) is 59.0 cm³/mol. The zero-order chi connectivity index (χ0) is 12.4. The van der Waals surface area contributed by atoms with Crippen LogP contribution < -0.4 is 0 Å². The molecule has 0 amide bonds. The Balaban J connectivity index is 4.21. The molecule has 0 aliphatic rings. The Morgan fingerprint density at radius 3 is 2.56 bits per heavy atom. The van der Waals surface area contributed by atoms with Crippen molar-refractivity contribution >= 4 is 5.97 Å². The summed E-state index contributed by atoms with van der Waals surface area (Å²) in [5.41, 5.74) is 0. The lowest BCUT2D eigenvalue weighted by Crippen LogP contribution is -2.38. The van der Waals surface area contributed by atoms with Gasteiger partial charge in [-0.05, 0) is 26.2 Å². The monoisotopic (exact) mass is 234 g/mol. The molecule has 2 atom stereocenters. The molecular weight excluding hydrogens is 212 g/mol. The maximum absolute atomic E-state index is 11.5. The summed E-state index contributed by atoms with van der Waals surface area (Å²) in [4.78, 5) is 11.5. The summed E-state index contributed by atoms with van der Waals surface area (Å²) in [5.74, 6) is -0.540. The summed E-state index contributed by atoms with van der Waals surface area (Å²) >= 11 is 0. The topological polar surface area (TPSA) is 76.0 Å². The highest BCUT2D eigenvalue weighted by molar-refractivity contribution is 5.75. The van der Waals surface area contributed by atoms with Crippen molar-refractivity contribution < 1.29 is 24.5 Å². The second-order valence-corrected chi connectivity index (χ2v) is 3.48. The molecule has 0 heterocycles. The maximum Gasteiger partial charge on any atom is 0.337 e. The van der Waals surface area contributed by atoms with E-state index in [4.69, 9.17) is 14.6 Å². The average Bonchev–Trinajstić information content (AvgIpc) is 2.27. The Kier molecular flexibility index (Phi) is 9.18. The predicted octanol–water partition coefficient (Wildman–Crippen LogP) is 0.478. The van der Waals surface area contributed by atoms with Crippen molar-refractivity contribution in [1.82, 2.24) is 0 Å². The van der Waals surface area contributed by atoms with Gasteiger partial charge in [0.2, 0.25) is 0 Å². The van der Waals surface area contributed by atoms with E-state index in [2.05, 4.69) is 0 Å². The first kappa shape index (κ1) is 15.3. The smallest absolute Gasteiger partial charge is 0.337 e. The Bertz CT molecular complexity index is 183. The molecule has 5 heteroatoms. The first-order valence-corrected chi connectivity index (χ1v) is 5.74. The first-order chi connectivity index (χ1) is 7.67. The van der Waals surface area contributed by atoms with E-state index in [9.17, 15) is 9.90 Å². The van der Waals surface area contributed by atoms with E-state index in [1.807, 2.05) is 6.92 Å². The molecule has 0 saturated heterocycles. The van der Waals surface area contributed by atoms with Crippen molar-refractivity contribution in [2.75, 3.05) is 19.8 Å². The third-order valence-electron chi connectivity index (χ3n) is 2.03. The van der Waals surface area contributed by atoms with E-state index >= 15 is 0 Å². The van der Waals surface area contributed by atoms with Gasteiger partial charge in [-0.3, -0.25) is 0 Å². The van der Waals surface area contributed by atoms with Gasteiger partial charge in [0.1, 0.15) is 0 Å². The zero-order valence-electron chi connectivity index (χ0n) is 10.0. The lowest BCUT2D eigenvalue weighted by atomic mass is 10.1. The van der Waals surface area contributed by atoms with E-state index in [1.54, 1.807) is 6.92 Å². The van der Waals surface area contributed by atoms with Gasteiger partial charge in [-0.25, -0.2) is 4.79 Å². The van der Waals surface area contributed by atoms with Crippen molar-refractivity contribution in [3.05, 3.63) is 0 Å². The molecule has 0 spiro atoms. The van der Waals surface area contributed by atoms with E-state index in [0.29, 0.717) is 19.4 Å². The molecule has 2 N–H and O–H groups in total. The van der Waals surface area contributed by atoms with Crippen molar-refractivity contribution in [3.63, 3.8) is 0 Å². The molecule has 0 aliphatic heterocycles. The number of carbonyl (C=O) groups excluding carboxylic acids is 1. The summed E-state index contributed by atoms with van der Waals surface area (Å²) in [5, 5.41) is 18.4. The van der Waals surface area contributed by atoms with Crippen LogP contribution in [0.2, 0.25) is 0 Å². The molecule has 96 valence electrons. The standard InChI is InChI=1S/C11H22O5/c1-3-8-16-10(11(14)15-4-2)9(13)6-5-7-12/h9-10,12-13H,3-8H2,1-2H3. The van der Waals surface area contributed by atoms with Gasteiger partial charge in [-0.15, -0.1) is 0 Å². The molecule has 0 radical (unpaired) electrons. The normalized spacial score (nSPS) is 14.5. The number of aliphatic hydroxyl groups is 2. The molecule has 0 bridgehead atoms. The molecule has 0 saturated carbocycles. The molecule has 0 aliphatic carbocycles. The number of carbonyl (C=O) groups is 1. The lowest BCUT2D eigenvalue weighted by Gasteiger charge is -2.21. The number of ether oxygens (including phenoxy) is 2. The minimum Gasteiger partial charge on any atom is -0.464 e. The van der Waals surface area contributed by atoms with Crippen LogP contribution in [-0.2, 0) is 14.3 Å². The van der Waals surface area contributed by atoms with Gasteiger partial charge in [-0.2, -0.15) is 0 Å². The molecule has 16 heavy (non-hydrogen) atoms.